The van der Waals surface area contributed by atoms with Crippen molar-refractivity contribution < 1.29 is 49.0 Å². The van der Waals surface area contributed by atoms with Crippen molar-refractivity contribution in [3.63, 3.8) is 0 Å². The van der Waals surface area contributed by atoms with E-state index in [0.717, 1.165) is 27.6 Å². The fraction of sp³-hybridized carbons (Fsp3) is 0.281. The molecule has 0 amide bonds. The largest absolute Gasteiger partial charge is 1.00 e. The Labute approximate surface area is 410 Å². The zero-order valence-corrected chi connectivity index (χ0v) is 43.4. The van der Waals surface area contributed by atoms with Crippen molar-refractivity contribution in [3.05, 3.63) is 199 Å². The average molecular weight is 976 g/mol. The van der Waals surface area contributed by atoms with Gasteiger partial charge in [-0.25, -0.2) is 6.08 Å². The average Bonchev–Trinajstić information content (AvgIpc) is 3.81. The van der Waals surface area contributed by atoms with E-state index in [-0.39, 0.29) is 24.8 Å². The van der Waals surface area contributed by atoms with E-state index in [0.29, 0.717) is 11.3 Å². The number of allylic oxidation sites excluding steroid dienone is 4. The number of hydrogen-bond donors (Lipinski definition) is 0. The minimum Gasteiger partial charge on any atom is -1.00 e. The molecule has 6 aromatic rings. The molecular formula is C57H58Cl4Zr-2. The second-order valence-electron chi connectivity index (χ2n) is 17.7. The molecule has 0 aromatic heterocycles. The van der Waals surface area contributed by atoms with Crippen LogP contribution >= 0.6 is 23.2 Å². The molecule has 0 aliphatic heterocycles. The summed E-state index contributed by atoms with van der Waals surface area (Å²) in [6.45, 7) is 22.3. The van der Waals surface area contributed by atoms with Gasteiger partial charge in [0.25, 0.3) is 0 Å². The third-order valence-corrected chi connectivity index (χ3v) is 13.4. The minimum atomic E-state index is 0. The normalized spacial score (nSPS) is 13.3. The number of rotatable bonds is 7. The topological polar surface area (TPSA) is 0 Å². The maximum atomic E-state index is 5.98. The van der Waals surface area contributed by atoms with Crippen LogP contribution in [-0.2, 0) is 30.7 Å². The van der Waals surface area contributed by atoms with E-state index < -0.39 is 0 Å². The van der Waals surface area contributed by atoms with Gasteiger partial charge >= 0.3 is 120 Å². The summed E-state index contributed by atoms with van der Waals surface area (Å²) in [4.78, 5) is 0. The van der Waals surface area contributed by atoms with Crippen molar-refractivity contribution in [3.8, 4) is 33.4 Å². The van der Waals surface area contributed by atoms with Crippen molar-refractivity contribution in [1.29, 1.82) is 0 Å². The van der Waals surface area contributed by atoms with Gasteiger partial charge in [0, 0.05) is 0 Å². The van der Waals surface area contributed by atoms with Crippen molar-refractivity contribution in [2.24, 2.45) is 11.3 Å². The van der Waals surface area contributed by atoms with Gasteiger partial charge in [-0.15, -0.1) is 29.3 Å². The van der Waals surface area contributed by atoms with Gasteiger partial charge in [-0.1, -0.05) is 140 Å². The van der Waals surface area contributed by atoms with E-state index in [1.807, 2.05) is 36.4 Å². The van der Waals surface area contributed by atoms with Gasteiger partial charge in [0.1, 0.15) is 0 Å². The molecule has 0 N–H and O–H groups in total. The quantitative estimate of drug-likeness (QED) is 0.140. The Morgan fingerprint density at radius 1 is 0.677 bits per heavy atom. The Hall–Kier alpha value is -3.29. The summed E-state index contributed by atoms with van der Waals surface area (Å²) in [6.07, 6.45) is 12.8. The first-order chi connectivity index (χ1) is 28.5. The van der Waals surface area contributed by atoms with E-state index in [4.69, 9.17) is 23.2 Å². The molecule has 0 saturated carbocycles. The van der Waals surface area contributed by atoms with Gasteiger partial charge < -0.3 is 24.8 Å². The molecule has 6 aromatic carbocycles. The summed E-state index contributed by atoms with van der Waals surface area (Å²) in [5.41, 5.74) is 22.8. The first-order valence-corrected chi connectivity index (χ1v) is 23.3. The maximum absolute atomic E-state index is 5.98. The molecule has 0 spiro atoms. The summed E-state index contributed by atoms with van der Waals surface area (Å²) in [6, 6.07) is 40.2. The fourth-order valence-corrected chi connectivity index (χ4v) is 9.83. The molecule has 320 valence electrons. The fourth-order valence-electron chi connectivity index (χ4n) is 8.69. The zero-order valence-electron chi connectivity index (χ0n) is 37.9. The van der Waals surface area contributed by atoms with E-state index in [1.165, 1.54) is 130 Å². The molecule has 5 heteroatoms. The van der Waals surface area contributed by atoms with Gasteiger partial charge in [-0.2, -0.15) is 11.6 Å². The molecule has 0 bridgehead atoms. The summed E-state index contributed by atoms with van der Waals surface area (Å²) in [7, 11) is 0. The monoisotopic (exact) mass is 972 g/mol. The number of halogens is 4. The number of fused-ring (bicyclic) bond motifs is 3. The number of benzene rings is 6. The SMILES string of the molecule is CCCCC1[C-]=CC(C(C)(C)C)=C1.Cc1cc(C)c(-c2[c-]c3c(cc2)-c2ccc(-c4c(C)cc(C)cc4C)cc2C3)c(C)c1.Clc1cccc([C](=[Zr+2])c2cccc(Cl)c2)c1.[Cl-].[Cl-]. The number of aryl methyl sites for hydroxylation is 6. The molecular weight excluding hydrogens is 918 g/mol. The van der Waals surface area contributed by atoms with E-state index >= 15 is 0 Å². The zero-order chi connectivity index (χ0) is 43.3. The van der Waals surface area contributed by atoms with Crippen molar-refractivity contribution in [1.82, 2.24) is 0 Å². The van der Waals surface area contributed by atoms with Crippen LogP contribution in [0.4, 0.5) is 0 Å². The summed E-state index contributed by atoms with van der Waals surface area (Å²) >= 11 is 13.3. The molecule has 0 heterocycles. The Morgan fingerprint density at radius 2 is 1.21 bits per heavy atom. The molecule has 0 nitrogen and oxygen atoms in total. The molecule has 0 radical (unpaired) electrons. The van der Waals surface area contributed by atoms with Crippen molar-refractivity contribution >= 4 is 26.4 Å². The van der Waals surface area contributed by atoms with Crippen LogP contribution < -0.4 is 24.8 Å². The van der Waals surface area contributed by atoms with Crippen molar-refractivity contribution in [2.75, 3.05) is 0 Å². The van der Waals surface area contributed by atoms with E-state index in [2.05, 4.69) is 160 Å². The second kappa shape index (κ2) is 22.6. The molecule has 8 rings (SSSR count). The molecule has 0 saturated heterocycles. The van der Waals surface area contributed by atoms with E-state index in [1.54, 1.807) is 0 Å². The van der Waals surface area contributed by atoms with Gasteiger partial charge in [-0.05, 0) is 75.8 Å². The molecule has 2 aliphatic rings. The minimum absolute atomic E-state index is 0. The molecule has 62 heavy (non-hydrogen) atoms. The summed E-state index contributed by atoms with van der Waals surface area (Å²) < 4.78 is 1.26. The van der Waals surface area contributed by atoms with Crippen molar-refractivity contribution in [2.45, 2.75) is 94.9 Å². The second-order valence-corrected chi connectivity index (χ2v) is 19.8. The molecule has 2 aliphatic carbocycles. The van der Waals surface area contributed by atoms with Gasteiger partial charge in [0.15, 0.2) is 0 Å². The summed E-state index contributed by atoms with van der Waals surface area (Å²) in [5, 5.41) is 1.53. The third kappa shape index (κ3) is 12.7. The predicted molar refractivity (Wildman–Crippen MR) is 257 cm³/mol. The Bertz CT molecular complexity index is 2400. The van der Waals surface area contributed by atoms with Gasteiger partial charge in [-0.3, -0.25) is 6.08 Å². The van der Waals surface area contributed by atoms with Gasteiger partial charge in [0.05, 0.1) is 0 Å². The van der Waals surface area contributed by atoms with Crippen LogP contribution in [0.25, 0.3) is 33.4 Å². The molecule has 0 fully saturated rings. The third-order valence-electron chi connectivity index (χ3n) is 11.5. The smallest absolute Gasteiger partial charge is 1.00 e. The Kier molecular flexibility index (Phi) is 18.7. The summed E-state index contributed by atoms with van der Waals surface area (Å²) in [5.74, 6) is 0.592. The predicted octanol–water partition coefficient (Wildman–Crippen LogP) is 10.5. The van der Waals surface area contributed by atoms with Crippen LogP contribution in [0.3, 0.4) is 0 Å². The Balaban J connectivity index is 0.000000229. The standard InChI is InChI=1S/C31H29.C13H8Cl2.C13H21.2ClH.Zr/c1-18-11-20(3)30(21(4)12-18)24-7-9-28-26(15-24)17-27-16-25(8-10-29(27)28)31-22(5)13-19(2)14-23(31)6;14-12-5-1-3-10(8-12)7-11-4-2-6-13(15)9-11;1-5-6-7-11-8-9-12(10-11)13(2,3)4;;;/h7-15H,17H2,1-6H3;1-6,8-9H;9-11H,5-7H2,1-4H3;2*1H;/q-1;;-1;;;+2/p-2. The number of unbranched alkanes of at least 4 members (excludes halogenated alkanes) is 1. The molecule has 1 unspecified atom stereocenters. The maximum Gasteiger partial charge on any atom is -1.00 e. The van der Waals surface area contributed by atoms with Crippen LogP contribution in [0.5, 0.6) is 0 Å². The Morgan fingerprint density at radius 3 is 1.71 bits per heavy atom. The first kappa shape index (κ1) is 51.3. The van der Waals surface area contributed by atoms with Crippen LogP contribution in [0, 0.1) is 65.0 Å². The number of hydrogen-bond acceptors (Lipinski definition) is 0. The van der Waals surface area contributed by atoms with Crippen LogP contribution in [0.2, 0.25) is 10.0 Å². The van der Waals surface area contributed by atoms with Gasteiger partial charge in [0.2, 0.25) is 0 Å². The van der Waals surface area contributed by atoms with Crippen LogP contribution in [0.15, 0.2) is 121 Å². The van der Waals surface area contributed by atoms with Crippen LogP contribution in [0.1, 0.15) is 103 Å². The van der Waals surface area contributed by atoms with E-state index in [9.17, 15) is 0 Å². The molecule has 1 atom stereocenters. The van der Waals surface area contributed by atoms with Crippen LogP contribution in [-0.4, -0.2) is 3.21 Å². The first-order valence-electron chi connectivity index (χ1n) is 21.3.